The molecule has 6 rings (SSSR count). The van der Waals surface area contributed by atoms with E-state index in [1.165, 1.54) is 0 Å². The lowest BCUT2D eigenvalue weighted by Crippen LogP contribution is -2.40. The maximum absolute atomic E-state index is 12.9. The van der Waals surface area contributed by atoms with Crippen LogP contribution in [0.2, 0.25) is 0 Å². The summed E-state index contributed by atoms with van der Waals surface area (Å²) in [4.78, 5) is 25.9. The van der Waals surface area contributed by atoms with Crippen LogP contribution >= 0.6 is 0 Å². The summed E-state index contributed by atoms with van der Waals surface area (Å²) in [5, 5.41) is 5.38. The molecule has 1 saturated heterocycles. The quantitative estimate of drug-likeness (QED) is 0.432. The number of hydrazone groups is 1. The Morgan fingerprint density at radius 3 is 2.21 bits per heavy atom. The molecule has 1 heterocycles. The second-order valence-electron chi connectivity index (χ2n) is 7.96. The lowest BCUT2D eigenvalue weighted by molar-refractivity contribution is -0.140. The molecule has 1 aliphatic heterocycles. The summed E-state index contributed by atoms with van der Waals surface area (Å²) in [7, 11) is 0. The van der Waals surface area contributed by atoms with Crippen molar-refractivity contribution in [2.75, 3.05) is 13.2 Å². The van der Waals surface area contributed by atoms with E-state index in [1.54, 1.807) is 6.21 Å². The number of carbonyl (C=O) groups is 2. The Labute approximate surface area is 164 Å². The van der Waals surface area contributed by atoms with Crippen LogP contribution in [0.1, 0.15) is 25.8 Å². The summed E-state index contributed by atoms with van der Waals surface area (Å²) < 4.78 is 11.2. The van der Waals surface area contributed by atoms with Crippen LogP contribution < -0.4 is 9.47 Å². The molecule has 0 aromatic heterocycles. The van der Waals surface area contributed by atoms with Crippen molar-refractivity contribution < 1.29 is 19.1 Å². The van der Waals surface area contributed by atoms with E-state index in [9.17, 15) is 9.59 Å². The molecule has 1 aromatic rings. The van der Waals surface area contributed by atoms with Gasteiger partial charge in [-0.25, -0.2) is 0 Å². The highest BCUT2D eigenvalue weighted by Gasteiger charge is 2.67. The molecule has 6 atom stereocenters. The Morgan fingerprint density at radius 1 is 1.00 bits per heavy atom. The topological polar surface area (TPSA) is 68.2 Å². The summed E-state index contributed by atoms with van der Waals surface area (Å²) in [6.45, 7) is 4.89. The standard InChI is InChI=1S/C22H24N2O4/c1-3-27-17-8-5-12(9-18(17)28-4-2)11-23-24-21(25)19-13-6-7-14(16-10-15(13)16)20(19)22(24)26/h5-9,11,13-16,19-20H,3-4,10H2,1-2H3/t13-,14-,15-,16+,19-,20+/m0/s1. The molecule has 28 heavy (non-hydrogen) atoms. The number of carbonyl (C=O) groups excluding carboxylic acids is 2. The predicted octanol–water partition coefficient (Wildman–Crippen LogP) is 2.87. The third kappa shape index (κ3) is 2.50. The minimum Gasteiger partial charge on any atom is -0.490 e. The normalized spacial score (nSPS) is 34.7. The minimum atomic E-state index is -0.220. The van der Waals surface area contributed by atoms with Crippen LogP contribution in [0.3, 0.4) is 0 Å². The van der Waals surface area contributed by atoms with Crippen molar-refractivity contribution in [3.8, 4) is 11.5 Å². The van der Waals surface area contributed by atoms with Crippen LogP contribution in [-0.4, -0.2) is 36.3 Å². The highest BCUT2D eigenvalue weighted by Crippen LogP contribution is 2.65. The molecule has 5 aliphatic rings. The lowest BCUT2D eigenvalue weighted by atomic mass is 9.63. The molecule has 1 aromatic carbocycles. The molecule has 6 nitrogen and oxygen atoms in total. The SMILES string of the molecule is CCOc1ccc(C=NN2C(=O)[C@@H]3[C@H]4C=C[C@@H]([C@@H]5C[C@H]45)[C@@H]3C2=O)cc1OCC. The molecule has 0 spiro atoms. The van der Waals surface area contributed by atoms with Gasteiger partial charge in [-0.2, -0.15) is 10.1 Å². The van der Waals surface area contributed by atoms with E-state index in [0.29, 0.717) is 36.5 Å². The second-order valence-corrected chi connectivity index (χ2v) is 7.96. The number of benzene rings is 1. The highest BCUT2D eigenvalue weighted by molar-refractivity contribution is 6.06. The van der Waals surface area contributed by atoms with E-state index in [0.717, 1.165) is 17.0 Å². The first-order chi connectivity index (χ1) is 13.6. The Balaban J connectivity index is 1.38. The molecule has 2 saturated carbocycles. The zero-order chi connectivity index (χ0) is 19.4. The molecule has 146 valence electrons. The monoisotopic (exact) mass is 380 g/mol. The summed E-state index contributed by atoms with van der Waals surface area (Å²) in [5.74, 6) is 2.18. The van der Waals surface area contributed by atoms with Crippen molar-refractivity contribution in [1.29, 1.82) is 0 Å². The van der Waals surface area contributed by atoms with Crippen molar-refractivity contribution in [2.24, 2.45) is 40.6 Å². The van der Waals surface area contributed by atoms with Crippen molar-refractivity contribution in [1.82, 2.24) is 5.01 Å². The van der Waals surface area contributed by atoms with Gasteiger partial charge in [0.1, 0.15) is 0 Å². The van der Waals surface area contributed by atoms with Gasteiger partial charge in [0.2, 0.25) is 0 Å². The van der Waals surface area contributed by atoms with Crippen molar-refractivity contribution >= 4 is 18.0 Å². The average molecular weight is 380 g/mol. The van der Waals surface area contributed by atoms with Crippen molar-refractivity contribution in [3.63, 3.8) is 0 Å². The summed E-state index contributed by atoms with van der Waals surface area (Å²) in [6, 6.07) is 5.48. The molecule has 0 radical (unpaired) electrons. The van der Waals surface area contributed by atoms with Gasteiger partial charge in [0.05, 0.1) is 31.3 Å². The number of allylic oxidation sites excluding steroid dienone is 2. The second kappa shape index (κ2) is 6.47. The zero-order valence-corrected chi connectivity index (χ0v) is 16.1. The van der Waals surface area contributed by atoms with Crippen molar-refractivity contribution in [3.05, 3.63) is 35.9 Å². The molecule has 0 unspecified atom stereocenters. The van der Waals surface area contributed by atoms with Gasteiger partial charge in [0.25, 0.3) is 11.8 Å². The summed E-state index contributed by atoms with van der Waals surface area (Å²) >= 11 is 0. The van der Waals surface area contributed by atoms with E-state index >= 15 is 0 Å². The fourth-order valence-corrected chi connectivity index (χ4v) is 5.33. The fraction of sp³-hybridized carbons (Fsp3) is 0.500. The number of hydrogen-bond donors (Lipinski definition) is 0. The Hall–Kier alpha value is -2.63. The highest BCUT2D eigenvalue weighted by atomic mass is 16.5. The van der Waals surface area contributed by atoms with Crippen molar-refractivity contribution in [2.45, 2.75) is 20.3 Å². The fourth-order valence-electron chi connectivity index (χ4n) is 5.33. The summed E-state index contributed by atoms with van der Waals surface area (Å²) in [6.07, 6.45) is 7.05. The Bertz CT molecular complexity index is 857. The largest absolute Gasteiger partial charge is 0.490 e. The minimum absolute atomic E-state index is 0.146. The van der Waals surface area contributed by atoms with Gasteiger partial charge in [-0.1, -0.05) is 12.2 Å². The third-order valence-electron chi connectivity index (χ3n) is 6.53. The van der Waals surface area contributed by atoms with Crippen LogP contribution in [0.4, 0.5) is 0 Å². The first-order valence-electron chi connectivity index (χ1n) is 10.1. The van der Waals surface area contributed by atoms with Gasteiger partial charge in [0, 0.05) is 0 Å². The number of nitrogens with zero attached hydrogens (tertiary/aromatic N) is 2. The smallest absolute Gasteiger partial charge is 0.254 e. The number of hydrogen-bond acceptors (Lipinski definition) is 5. The van der Waals surface area contributed by atoms with Gasteiger partial charge in [-0.15, -0.1) is 0 Å². The van der Waals surface area contributed by atoms with E-state index in [-0.39, 0.29) is 35.5 Å². The average Bonchev–Trinajstić information content (AvgIpc) is 3.48. The van der Waals surface area contributed by atoms with Gasteiger partial charge in [0.15, 0.2) is 11.5 Å². The molecule has 3 fully saturated rings. The van der Waals surface area contributed by atoms with E-state index in [2.05, 4.69) is 17.3 Å². The number of amides is 2. The van der Waals surface area contributed by atoms with Gasteiger partial charge < -0.3 is 9.47 Å². The van der Waals surface area contributed by atoms with Gasteiger partial charge >= 0.3 is 0 Å². The molecular formula is C22H24N2O4. The Morgan fingerprint density at radius 2 is 1.61 bits per heavy atom. The number of imide groups is 1. The van der Waals surface area contributed by atoms with Crippen LogP contribution in [0, 0.1) is 35.5 Å². The molecule has 4 aliphatic carbocycles. The van der Waals surface area contributed by atoms with E-state index in [1.807, 2.05) is 32.0 Å². The molecule has 2 amide bonds. The van der Waals surface area contributed by atoms with Crippen LogP contribution in [0.25, 0.3) is 0 Å². The molecule has 2 bridgehead atoms. The third-order valence-corrected chi connectivity index (χ3v) is 6.53. The maximum atomic E-state index is 12.9. The predicted molar refractivity (Wildman–Crippen MR) is 103 cm³/mol. The first kappa shape index (κ1) is 17.5. The van der Waals surface area contributed by atoms with Gasteiger partial charge in [-0.05, 0) is 67.7 Å². The molecule has 6 heteroatoms. The molecule has 0 N–H and O–H groups in total. The van der Waals surface area contributed by atoms with E-state index in [4.69, 9.17) is 9.47 Å². The van der Waals surface area contributed by atoms with E-state index < -0.39 is 0 Å². The van der Waals surface area contributed by atoms with Crippen LogP contribution in [0.5, 0.6) is 11.5 Å². The van der Waals surface area contributed by atoms with Gasteiger partial charge in [-0.3, -0.25) is 9.59 Å². The first-order valence-corrected chi connectivity index (χ1v) is 10.1. The lowest BCUT2D eigenvalue weighted by Gasteiger charge is -2.37. The zero-order valence-electron chi connectivity index (χ0n) is 16.1. The van der Waals surface area contributed by atoms with Crippen LogP contribution in [-0.2, 0) is 9.59 Å². The molecular weight excluding hydrogens is 356 g/mol. The Kier molecular flexibility index (Phi) is 4.03. The number of rotatable bonds is 6. The number of ether oxygens (including phenoxy) is 2. The van der Waals surface area contributed by atoms with Crippen LogP contribution in [0.15, 0.2) is 35.5 Å². The summed E-state index contributed by atoms with van der Waals surface area (Å²) in [5.41, 5.74) is 0.756. The maximum Gasteiger partial charge on any atom is 0.254 e.